The molecule has 0 unspecified atom stereocenters. The Morgan fingerprint density at radius 2 is 1.51 bits per heavy atom. The fraction of sp³-hybridized carbons (Fsp3) is 0.355. The number of hydrogen-bond acceptors (Lipinski definition) is 4. The van der Waals surface area contributed by atoms with Crippen molar-refractivity contribution in [3.8, 4) is 0 Å². The van der Waals surface area contributed by atoms with Gasteiger partial charge in [0, 0.05) is 12.6 Å². The molecule has 0 saturated carbocycles. The van der Waals surface area contributed by atoms with E-state index in [1.807, 2.05) is 71.0 Å². The van der Waals surface area contributed by atoms with Gasteiger partial charge in [0.1, 0.15) is 12.6 Å². The molecule has 3 aromatic carbocycles. The Labute approximate surface area is 232 Å². The van der Waals surface area contributed by atoms with Crippen molar-refractivity contribution < 1.29 is 18.0 Å². The van der Waals surface area contributed by atoms with Crippen LogP contribution in [0, 0.1) is 13.8 Å². The lowest BCUT2D eigenvalue weighted by molar-refractivity contribution is -0.140. The number of rotatable bonds is 12. The number of sulfonamides is 1. The summed E-state index contributed by atoms with van der Waals surface area (Å²) in [7, 11) is -4.08. The molecule has 208 valence electrons. The maximum Gasteiger partial charge on any atom is 0.264 e. The van der Waals surface area contributed by atoms with Gasteiger partial charge in [0.2, 0.25) is 11.8 Å². The van der Waals surface area contributed by atoms with E-state index in [4.69, 9.17) is 0 Å². The Morgan fingerprint density at radius 1 is 0.846 bits per heavy atom. The number of amides is 2. The standard InChI is InChI=1S/C31H39N3O4S/c1-6-25(5)32-31(36)29(7-2)33(21-26-13-9-8-10-14-26)30(35)22-34(27-15-11-12-24(4)20-27)39(37,38)28-18-16-23(3)17-19-28/h8-20,25,29H,6-7,21-22H2,1-5H3,(H,32,36)/t25-,29-/m1/s1. The number of anilines is 1. The van der Waals surface area contributed by atoms with Gasteiger partial charge in [-0.05, 0) is 69.0 Å². The fourth-order valence-electron chi connectivity index (χ4n) is 4.29. The summed E-state index contributed by atoms with van der Waals surface area (Å²) in [6, 6.07) is 22.2. The Balaban J connectivity index is 2.04. The van der Waals surface area contributed by atoms with E-state index in [1.165, 1.54) is 4.90 Å². The molecule has 0 bridgehead atoms. The number of benzene rings is 3. The molecule has 0 aromatic heterocycles. The summed E-state index contributed by atoms with van der Waals surface area (Å²) in [5, 5.41) is 2.99. The van der Waals surface area contributed by atoms with Crippen LogP contribution < -0.4 is 9.62 Å². The predicted molar refractivity (Wildman–Crippen MR) is 156 cm³/mol. The lowest BCUT2D eigenvalue weighted by Gasteiger charge is -2.33. The van der Waals surface area contributed by atoms with Crippen LogP contribution in [0.2, 0.25) is 0 Å². The predicted octanol–water partition coefficient (Wildman–Crippen LogP) is 5.22. The molecule has 2 amide bonds. The SMILES string of the molecule is CC[C@@H](C)NC(=O)[C@@H](CC)N(Cc1ccccc1)C(=O)CN(c1cccc(C)c1)S(=O)(=O)c1ccc(C)cc1. The summed E-state index contributed by atoms with van der Waals surface area (Å²) in [4.78, 5) is 28.9. The molecular formula is C31H39N3O4S. The number of nitrogens with one attached hydrogen (secondary N) is 1. The van der Waals surface area contributed by atoms with Crippen LogP contribution in [0.5, 0.6) is 0 Å². The third-order valence-corrected chi connectivity index (χ3v) is 8.55. The number of carbonyl (C=O) groups is 2. The molecule has 2 atom stereocenters. The second-order valence-electron chi connectivity index (χ2n) is 9.91. The first-order chi connectivity index (χ1) is 18.6. The van der Waals surface area contributed by atoms with Crippen LogP contribution in [0.4, 0.5) is 5.69 Å². The molecule has 0 spiro atoms. The van der Waals surface area contributed by atoms with Crippen LogP contribution in [0.15, 0.2) is 83.8 Å². The largest absolute Gasteiger partial charge is 0.352 e. The van der Waals surface area contributed by atoms with Crippen LogP contribution in [0.3, 0.4) is 0 Å². The minimum atomic E-state index is -4.08. The summed E-state index contributed by atoms with van der Waals surface area (Å²) < 4.78 is 29.0. The molecule has 0 heterocycles. The van der Waals surface area contributed by atoms with Crippen molar-refractivity contribution in [3.63, 3.8) is 0 Å². The second kappa shape index (κ2) is 13.4. The summed E-state index contributed by atoms with van der Waals surface area (Å²) in [6.45, 7) is 9.24. The Morgan fingerprint density at radius 3 is 2.10 bits per heavy atom. The first kappa shape index (κ1) is 29.9. The fourth-order valence-corrected chi connectivity index (χ4v) is 5.70. The first-order valence-corrected chi connectivity index (χ1v) is 14.8. The van der Waals surface area contributed by atoms with Gasteiger partial charge in [0.25, 0.3) is 10.0 Å². The molecule has 0 aliphatic heterocycles. The maximum atomic E-state index is 14.0. The molecule has 39 heavy (non-hydrogen) atoms. The molecule has 8 heteroatoms. The molecule has 0 aliphatic carbocycles. The summed E-state index contributed by atoms with van der Waals surface area (Å²) in [6.07, 6.45) is 1.14. The highest BCUT2D eigenvalue weighted by atomic mass is 32.2. The van der Waals surface area contributed by atoms with E-state index < -0.39 is 28.5 Å². The molecule has 0 aliphatic rings. The van der Waals surface area contributed by atoms with Crippen LogP contribution in [0.25, 0.3) is 0 Å². The Hall–Kier alpha value is -3.65. The van der Waals surface area contributed by atoms with Gasteiger partial charge in [-0.15, -0.1) is 0 Å². The van der Waals surface area contributed by atoms with Gasteiger partial charge in [0.15, 0.2) is 0 Å². The molecule has 1 N–H and O–H groups in total. The van der Waals surface area contributed by atoms with Crippen LogP contribution >= 0.6 is 0 Å². The Bertz CT molecular complexity index is 1360. The summed E-state index contributed by atoms with van der Waals surface area (Å²) >= 11 is 0. The zero-order valence-electron chi connectivity index (χ0n) is 23.4. The Kier molecular flexibility index (Phi) is 10.3. The van der Waals surface area contributed by atoms with Gasteiger partial charge in [0.05, 0.1) is 10.6 Å². The van der Waals surface area contributed by atoms with Gasteiger partial charge >= 0.3 is 0 Å². The van der Waals surface area contributed by atoms with E-state index in [2.05, 4.69) is 5.32 Å². The zero-order chi connectivity index (χ0) is 28.6. The lowest BCUT2D eigenvalue weighted by atomic mass is 10.1. The van der Waals surface area contributed by atoms with Crippen LogP contribution in [-0.2, 0) is 26.2 Å². The number of carbonyl (C=O) groups excluding carboxylic acids is 2. The monoisotopic (exact) mass is 549 g/mol. The van der Waals surface area contributed by atoms with Crippen molar-refractivity contribution in [2.45, 2.75) is 71.0 Å². The van der Waals surface area contributed by atoms with E-state index in [0.29, 0.717) is 12.1 Å². The molecule has 0 fully saturated rings. The average molecular weight is 550 g/mol. The first-order valence-electron chi connectivity index (χ1n) is 13.4. The van der Waals surface area contributed by atoms with E-state index in [0.717, 1.165) is 27.4 Å². The van der Waals surface area contributed by atoms with Crippen molar-refractivity contribution in [2.24, 2.45) is 0 Å². The van der Waals surface area contributed by atoms with Crippen molar-refractivity contribution in [1.82, 2.24) is 10.2 Å². The number of hydrogen-bond donors (Lipinski definition) is 1. The number of nitrogens with zero attached hydrogens (tertiary/aromatic N) is 2. The smallest absolute Gasteiger partial charge is 0.264 e. The molecule has 3 aromatic rings. The molecular weight excluding hydrogens is 510 g/mol. The van der Waals surface area contributed by atoms with E-state index in [1.54, 1.807) is 42.5 Å². The van der Waals surface area contributed by atoms with Crippen LogP contribution in [0.1, 0.15) is 50.3 Å². The normalized spacial score (nSPS) is 12.8. The highest BCUT2D eigenvalue weighted by Gasteiger charge is 2.34. The highest BCUT2D eigenvalue weighted by molar-refractivity contribution is 7.92. The van der Waals surface area contributed by atoms with Crippen molar-refractivity contribution in [1.29, 1.82) is 0 Å². The third kappa shape index (κ3) is 7.69. The topological polar surface area (TPSA) is 86.8 Å². The molecule has 0 radical (unpaired) electrons. The van der Waals surface area contributed by atoms with E-state index >= 15 is 0 Å². The average Bonchev–Trinajstić information content (AvgIpc) is 2.92. The van der Waals surface area contributed by atoms with Crippen molar-refractivity contribution in [2.75, 3.05) is 10.8 Å². The summed E-state index contributed by atoms with van der Waals surface area (Å²) in [5.74, 6) is -0.707. The van der Waals surface area contributed by atoms with Gasteiger partial charge in [-0.2, -0.15) is 0 Å². The second-order valence-corrected chi connectivity index (χ2v) is 11.8. The zero-order valence-corrected chi connectivity index (χ0v) is 24.2. The molecule has 7 nitrogen and oxygen atoms in total. The van der Waals surface area contributed by atoms with Crippen molar-refractivity contribution >= 4 is 27.5 Å². The number of aryl methyl sites for hydroxylation is 2. The van der Waals surface area contributed by atoms with E-state index in [-0.39, 0.29) is 23.4 Å². The van der Waals surface area contributed by atoms with Gasteiger partial charge in [-0.3, -0.25) is 13.9 Å². The lowest BCUT2D eigenvalue weighted by Crippen LogP contribution is -2.53. The van der Waals surface area contributed by atoms with Crippen molar-refractivity contribution in [3.05, 3.63) is 95.6 Å². The molecule has 3 rings (SSSR count). The van der Waals surface area contributed by atoms with Gasteiger partial charge < -0.3 is 10.2 Å². The van der Waals surface area contributed by atoms with Gasteiger partial charge in [-0.25, -0.2) is 8.42 Å². The van der Waals surface area contributed by atoms with Crippen LogP contribution in [-0.4, -0.2) is 43.8 Å². The third-order valence-electron chi connectivity index (χ3n) is 6.76. The van der Waals surface area contributed by atoms with Gasteiger partial charge in [-0.1, -0.05) is 74.0 Å². The maximum absolute atomic E-state index is 14.0. The highest BCUT2D eigenvalue weighted by Crippen LogP contribution is 2.26. The molecule has 0 saturated heterocycles. The minimum Gasteiger partial charge on any atom is -0.352 e. The summed E-state index contributed by atoms with van der Waals surface area (Å²) in [5.41, 5.74) is 3.04. The van der Waals surface area contributed by atoms with E-state index in [9.17, 15) is 18.0 Å². The minimum absolute atomic E-state index is 0.0501. The quantitative estimate of drug-likeness (QED) is 0.336.